The minimum atomic E-state index is -0.958. The molecule has 2 aromatic heterocycles. The average molecular weight is 346 g/mol. The van der Waals surface area contributed by atoms with Crippen molar-refractivity contribution in [2.75, 3.05) is 0 Å². The third-order valence-electron chi connectivity index (χ3n) is 3.38. The van der Waals surface area contributed by atoms with Gasteiger partial charge in [-0.1, -0.05) is 12.1 Å². The van der Waals surface area contributed by atoms with E-state index in [0.29, 0.717) is 22.6 Å². The first kappa shape index (κ1) is 13.8. The maximum atomic E-state index is 11.6. The maximum absolute atomic E-state index is 11.6. The van der Waals surface area contributed by atoms with Gasteiger partial charge >= 0.3 is 5.97 Å². The first-order chi connectivity index (χ1) is 9.97. The summed E-state index contributed by atoms with van der Waals surface area (Å²) in [4.78, 5) is 23.4. The van der Waals surface area contributed by atoms with Crippen molar-refractivity contribution in [3.05, 3.63) is 45.6 Å². The standard InChI is InChI=1S/C15H12BrN3O2/c1-7-3-4-8(2)12(15(20)21)11(7)14-18-10-5-9(16)6-17-13(10)19-14/h3-6H,1-2H3,(H,20,21)(H,17,18,19). The Hall–Kier alpha value is -2.21. The van der Waals surface area contributed by atoms with Crippen LogP contribution >= 0.6 is 15.9 Å². The number of benzene rings is 1. The van der Waals surface area contributed by atoms with E-state index < -0.39 is 5.97 Å². The summed E-state index contributed by atoms with van der Waals surface area (Å²) in [5, 5.41) is 9.49. The van der Waals surface area contributed by atoms with Crippen molar-refractivity contribution in [1.82, 2.24) is 15.0 Å². The third kappa shape index (κ3) is 2.31. The van der Waals surface area contributed by atoms with Crippen LogP contribution in [0.25, 0.3) is 22.6 Å². The van der Waals surface area contributed by atoms with Crippen molar-refractivity contribution in [2.24, 2.45) is 0 Å². The van der Waals surface area contributed by atoms with Gasteiger partial charge in [0.1, 0.15) is 5.82 Å². The zero-order valence-electron chi connectivity index (χ0n) is 11.4. The van der Waals surface area contributed by atoms with Crippen LogP contribution in [0.1, 0.15) is 21.5 Å². The predicted molar refractivity (Wildman–Crippen MR) is 83.5 cm³/mol. The highest BCUT2D eigenvalue weighted by atomic mass is 79.9. The molecule has 3 aromatic rings. The molecule has 0 aliphatic rings. The van der Waals surface area contributed by atoms with Crippen LogP contribution in [0.5, 0.6) is 0 Å². The summed E-state index contributed by atoms with van der Waals surface area (Å²) in [5.41, 5.74) is 3.76. The largest absolute Gasteiger partial charge is 0.478 e. The van der Waals surface area contributed by atoms with Crippen LogP contribution in [0.4, 0.5) is 0 Å². The highest BCUT2D eigenvalue weighted by Crippen LogP contribution is 2.29. The van der Waals surface area contributed by atoms with Crippen LogP contribution in [0.3, 0.4) is 0 Å². The molecule has 21 heavy (non-hydrogen) atoms. The van der Waals surface area contributed by atoms with Gasteiger partial charge in [0.05, 0.1) is 11.1 Å². The minimum Gasteiger partial charge on any atom is -0.478 e. The minimum absolute atomic E-state index is 0.271. The Morgan fingerprint density at radius 2 is 2.00 bits per heavy atom. The number of carboxylic acid groups (broad SMARTS) is 1. The van der Waals surface area contributed by atoms with Gasteiger partial charge < -0.3 is 10.1 Å². The van der Waals surface area contributed by atoms with E-state index in [2.05, 4.69) is 30.9 Å². The monoisotopic (exact) mass is 345 g/mol. The van der Waals surface area contributed by atoms with E-state index in [1.807, 2.05) is 19.1 Å². The van der Waals surface area contributed by atoms with Crippen LogP contribution in [-0.4, -0.2) is 26.0 Å². The average Bonchev–Trinajstić information content (AvgIpc) is 2.83. The molecule has 0 bridgehead atoms. The molecule has 6 heteroatoms. The maximum Gasteiger partial charge on any atom is 0.336 e. The fourth-order valence-corrected chi connectivity index (χ4v) is 2.72. The van der Waals surface area contributed by atoms with Crippen molar-refractivity contribution in [3.8, 4) is 11.4 Å². The Kier molecular flexibility index (Phi) is 3.25. The molecule has 0 unspecified atom stereocenters. The molecule has 0 radical (unpaired) electrons. The van der Waals surface area contributed by atoms with Crippen molar-refractivity contribution in [2.45, 2.75) is 13.8 Å². The van der Waals surface area contributed by atoms with Gasteiger partial charge in [-0.15, -0.1) is 0 Å². The first-order valence-electron chi connectivity index (χ1n) is 6.32. The number of aryl methyl sites for hydroxylation is 2. The van der Waals surface area contributed by atoms with E-state index in [-0.39, 0.29) is 5.56 Å². The smallest absolute Gasteiger partial charge is 0.336 e. The molecule has 0 spiro atoms. The van der Waals surface area contributed by atoms with Gasteiger partial charge in [-0.05, 0) is 47.0 Å². The van der Waals surface area contributed by atoms with Gasteiger partial charge in [-0.25, -0.2) is 14.8 Å². The summed E-state index contributed by atoms with van der Waals surface area (Å²) in [6.07, 6.45) is 1.66. The van der Waals surface area contributed by atoms with Crippen LogP contribution in [-0.2, 0) is 0 Å². The molecule has 0 amide bonds. The van der Waals surface area contributed by atoms with Gasteiger partial charge in [0.15, 0.2) is 5.65 Å². The lowest BCUT2D eigenvalue weighted by atomic mass is 9.97. The van der Waals surface area contributed by atoms with E-state index in [4.69, 9.17) is 0 Å². The second-order valence-corrected chi connectivity index (χ2v) is 5.78. The summed E-state index contributed by atoms with van der Waals surface area (Å²) in [6.45, 7) is 3.65. The number of halogens is 1. The van der Waals surface area contributed by atoms with Crippen LogP contribution < -0.4 is 0 Å². The van der Waals surface area contributed by atoms with Crippen molar-refractivity contribution < 1.29 is 9.90 Å². The number of pyridine rings is 1. The summed E-state index contributed by atoms with van der Waals surface area (Å²) in [6, 6.07) is 5.57. The number of imidazole rings is 1. The number of H-pyrrole nitrogens is 1. The number of nitrogens with one attached hydrogen (secondary N) is 1. The number of hydrogen-bond donors (Lipinski definition) is 2. The Labute approximate surface area is 129 Å². The lowest BCUT2D eigenvalue weighted by Gasteiger charge is -2.10. The molecule has 1 aromatic carbocycles. The van der Waals surface area contributed by atoms with Crippen molar-refractivity contribution in [3.63, 3.8) is 0 Å². The zero-order valence-corrected chi connectivity index (χ0v) is 13.0. The van der Waals surface area contributed by atoms with E-state index in [1.54, 1.807) is 19.2 Å². The summed E-state index contributed by atoms with van der Waals surface area (Å²) in [5.74, 6) is -0.435. The number of fused-ring (bicyclic) bond motifs is 1. The number of hydrogen-bond acceptors (Lipinski definition) is 3. The number of rotatable bonds is 2. The van der Waals surface area contributed by atoms with Gasteiger partial charge in [-0.3, -0.25) is 0 Å². The summed E-state index contributed by atoms with van der Waals surface area (Å²) >= 11 is 3.36. The molecule has 106 valence electrons. The fourth-order valence-electron chi connectivity index (χ4n) is 2.38. The number of carbonyl (C=O) groups is 1. The van der Waals surface area contributed by atoms with E-state index in [0.717, 1.165) is 15.6 Å². The fraction of sp³-hybridized carbons (Fsp3) is 0.133. The molecule has 2 N–H and O–H groups in total. The Balaban J connectivity index is 2.32. The van der Waals surface area contributed by atoms with Crippen molar-refractivity contribution in [1.29, 1.82) is 0 Å². The molecule has 2 heterocycles. The zero-order chi connectivity index (χ0) is 15.1. The number of carboxylic acids is 1. The topological polar surface area (TPSA) is 78.9 Å². The molecule has 0 saturated carbocycles. The van der Waals surface area contributed by atoms with Gasteiger partial charge in [-0.2, -0.15) is 0 Å². The number of nitrogens with zero attached hydrogens (tertiary/aromatic N) is 2. The third-order valence-corrected chi connectivity index (χ3v) is 3.81. The van der Waals surface area contributed by atoms with Gasteiger partial charge in [0.25, 0.3) is 0 Å². The molecule has 0 fully saturated rings. The number of aromatic nitrogens is 3. The highest BCUT2D eigenvalue weighted by molar-refractivity contribution is 9.10. The Morgan fingerprint density at radius 3 is 2.71 bits per heavy atom. The molecule has 0 aliphatic carbocycles. The number of aromatic amines is 1. The molecule has 0 aliphatic heterocycles. The Bertz CT molecular complexity index is 871. The quantitative estimate of drug-likeness (QED) is 0.742. The van der Waals surface area contributed by atoms with E-state index in [9.17, 15) is 9.90 Å². The van der Waals surface area contributed by atoms with E-state index in [1.165, 1.54) is 0 Å². The van der Waals surface area contributed by atoms with Crippen molar-refractivity contribution >= 4 is 33.1 Å². The highest BCUT2D eigenvalue weighted by Gasteiger charge is 2.19. The molecule has 3 rings (SSSR count). The van der Waals surface area contributed by atoms with Crippen LogP contribution in [0.2, 0.25) is 0 Å². The van der Waals surface area contributed by atoms with Gasteiger partial charge in [0, 0.05) is 16.2 Å². The SMILES string of the molecule is Cc1ccc(C)c(-c2nc3ncc(Br)cc3[nH]2)c1C(=O)O. The molecule has 5 nitrogen and oxygen atoms in total. The Morgan fingerprint density at radius 1 is 1.29 bits per heavy atom. The lowest BCUT2D eigenvalue weighted by molar-refractivity contribution is 0.0697. The molecular weight excluding hydrogens is 334 g/mol. The normalized spacial score (nSPS) is 11.0. The van der Waals surface area contributed by atoms with Gasteiger partial charge in [0.2, 0.25) is 0 Å². The summed E-state index contributed by atoms with van der Waals surface area (Å²) < 4.78 is 0.838. The number of aromatic carboxylic acids is 1. The lowest BCUT2D eigenvalue weighted by Crippen LogP contribution is -2.05. The summed E-state index contributed by atoms with van der Waals surface area (Å²) in [7, 11) is 0. The second kappa shape index (κ2) is 4.96. The van der Waals surface area contributed by atoms with E-state index >= 15 is 0 Å². The molecular formula is C15H12BrN3O2. The molecule has 0 atom stereocenters. The van der Waals surface area contributed by atoms with Crippen LogP contribution in [0, 0.1) is 13.8 Å². The molecule has 0 saturated heterocycles. The second-order valence-electron chi connectivity index (χ2n) is 4.86. The first-order valence-corrected chi connectivity index (χ1v) is 7.12. The van der Waals surface area contributed by atoms with Crippen LogP contribution in [0.15, 0.2) is 28.9 Å². The predicted octanol–water partition coefficient (Wildman–Crippen LogP) is 3.70.